The van der Waals surface area contributed by atoms with Crippen molar-refractivity contribution in [3.8, 4) is 0 Å². The van der Waals surface area contributed by atoms with Gasteiger partial charge in [-0.3, -0.25) is 4.79 Å². The number of carbonyl (C=O) groups is 1. The van der Waals surface area contributed by atoms with E-state index in [9.17, 15) is 9.90 Å². The van der Waals surface area contributed by atoms with E-state index in [1.54, 1.807) is 0 Å². The van der Waals surface area contributed by atoms with Gasteiger partial charge in [0.1, 0.15) is 0 Å². The molecule has 1 heterocycles. The average molecular weight is 319 g/mol. The molecule has 4 nitrogen and oxygen atoms in total. The number of hydrogen-bond donors (Lipinski definition) is 3. The summed E-state index contributed by atoms with van der Waals surface area (Å²) < 4.78 is 0. The van der Waals surface area contributed by atoms with Gasteiger partial charge in [-0.2, -0.15) is 0 Å². The molecule has 4 atom stereocenters. The quantitative estimate of drug-likeness (QED) is 0.742. The molecule has 21 heavy (non-hydrogen) atoms. The zero-order valence-corrected chi connectivity index (χ0v) is 14.3. The summed E-state index contributed by atoms with van der Waals surface area (Å²) >= 11 is 0. The number of halogens is 1. The molecule has 0 bridgehead atoms. The van der Waals surface area contributed by atoms with Gasteiger partial charge in [0.15, 0.2) is 0 Å². The molecule has 0 radical (unpaired) electrons. The Hall–Kier alpha value is -0.320. The van der Waals surface area contributed by atoms with Crippen LogP contribution in [0.3, 0.4) is 0 Å². The molecule has 0 aromatic heterocycles. The lowest BCUT2D eigenvalue weighted by Crippen LogP contribution is -2.36. The predicted octanol–water partition coefficient (Wildman–Crippen LogP) is 1.96. The van der Waals surface area contributed by atoms with E-state index in [0.717, 1.165) is 18.9 Å². The molecule has 2 fully saturated rings. The first-order valence-corrected chi connectivity index (χ1v) is 8.01. The van der Waals surface area contributed by atoms with Gasteiger partial charge in [-0.1, -0.05) is 20.8 Å². The van der Waals surface area contributed by atoms with Crippen molar-refractivity contribution in [3.63, 3.8) is 0 Å². The van der Waals surface area contributed by atoms with Crippen LogP contribution in [0.1, 0.15) is 46.5 Å². The minimum Gasteiger partial charge on any atom is -0.391 e. The molecule has 0 aromatic rings. The number of amides is 1. The lowest BCUT2D eigenvalue weighted by atomic mass is 9.67. The van der Waals surface area contributed by atoms with Crippen molar-refractivity contribution in [1.29, 1.82) is 0 Å². The molecule has 1 amide bonds. The summed E-state index contributed by atoms with van der Waals surface area (Å²) in [6, 6.07) is 0. The molecular weight excluding hydrogens is 288 g/mol. The topological polar surface area (TPSA) is 61.4 Å². The monoisotopic (exact) mass is 318 g/mol. The van der Waals surface area contributed by atoms with Crippen molar-refractivity contribution < 1.29 is 9.90 Å². The Morgan fingerprint density at radius 3 is 2.62 bits per heavy atom. The normalized spacial score (nSPS) is 35.0. The van der Waals surface area contributed by atoms with E-state index in [1.807, 2.05) is 0 Å². The highest BCUT2D eigenvalue weighted by molar-refractivity contribution is 5.85. The molecule has 1 saturated carbocycles. The van der Waals surface area contributed by atoms with Crippen LogP contribution in [-0.2, 0) is 4.79 Å². The van der Waals surface area contributed by atoms with Crippen molar-refractivity contribution in [2.45, 2.75) is 52.6 Å². The number of β-amino-alcohol motifs (C(OH)–C–C–N with tert-alkyl or cyclic N) is 1. The minimum atomic E-state index is -0.316. The first-order valence-electron chi connectivity index (χ1n) is 8.01. The SMILES string of the molecule is CC1CC(CC(=O)NCC2CNCC2O)CC(C)(C)C1.Cl. The smallest absolute Gasteiger partial charge is 0.220 e. The summed E-state index contributed by atoms with van der Waals surface area (Å²) in [6.07, 6.45) is 3.92. The number of carbonyl (C=O) groups excluding carboxylic acids is 1. The zero-order valence-electron chi connectivity index (χ0n) is 13.5. The Labute approximate surface area is 134 Å². The highest BCUT2D eigenvalue weighted by Gasteiger charge is 2.33. The predicted molar refractivity (Wildman–Crippen MR) is 87.5 cm³/mol. The molecule has 124 valence electrons. The number of nitrogens with one attached hydrogen (secondary N) is 2. The van der Waals surface area contributed by atoms with Crippen molar-refractivity contribution in [2.75, 3.05) is 19.6 Å². The molecule has 1 aliphatic carbocycles. The maximum absolute atomic E-state index is 12.1. The summed E-state index contributed by atoms with van der Waals surface area (Å²) in [6.45, 7) is 8.97. The molecule has 1 aliphatic heterocycles. The summed E-state index contributed by atoms with van der Waals surface area (Å²) in [7, 11) is 0. The molecule has 4 unspecified atom stereocenters. The van der Waals surface area contributed by atoms with Gasteiger partial charge in [-0.15, -0.1) is 12.4 Å². The Kier molecular flexibility index (Phi) is 6.95. The fraction of sp³-hybridized carbons (Fsp3) is 0.938. The maximum Gasteiger partial charge on any atom is 0.220 e. The lowest BCUT2D eigenvalue weighted by Gasteiger charge is -2.38. The fourth-order valence-corrected chi connectivity index (χ4v) is 4.21. The van der Waals surface area contributed by atoms with Crippen LogP contribution in [0, 0.1) is 23.2 Å². The number of aliphatic hydroxyl groups excluding tert-OH is 1. The minimum absolute atomic E-state index is 0. The maximum atomic E-state index is 12.1. The summed E-state index contributed by atoms with van der Waals surface area (Å²) in [5.41, 5.74) is 0.369. The summed E-state index contributed by atoms with van der Waals surface area (Å²) in [5.74, 6) is 1.55. The molecule has 2 aliphatic rings. The first kappa shape index (κ1) is 18.7. The van der Waals surface area contributed by atoms with Crippen molar-refractivity contribution >= 4 is 18.3 Å². The Morgan fingerprint density at radius 2 is 2.05 bits per heavy atom. The molecular formula is C16H31ClN2O2. The van der Waals surface area contributed by atoms with Crippen molar-refractivity contribution in [2.24, 2.45) is 23.2 Å². The van der Waals surface area contributed by atoms with E-state index < -0.39 is 0 Å². The Balaban J connectivity index is 0.00000220. The van der Waals surface area contributed by atoms with Gasteiger partial charge in [0.25, 0.3) is 0 Å². The Morgan fingerprint density at radius 1 is 1.33 bits per heavy atom. The fourth-order valence-electron chi connectivity index (χ4n) is 4.21. The van der Waals surface area contributed by atoms with Crippen molar-refractivity contribution in [3.05, 3.63) is 0 Å². The average Bonchev–Trinajstić information content (AvgIpc) is 2.69. The van der Waals surface area contributed by atoms with Gasteiger partial charge in [0.2, 0.25) is 5.91 Å². The molecule has 5 heteroatoms. The van der Waals surface area contributed by atoms with E-state index in [-0.39, 0.29) is 30.3 Å². The number of rotatable bonds is 4. The molecule has 2 rings (SSSR count). The molecule has 0 aromatic carbocycles. The molecule has 3 N–H and O–H groups in total. The van der Waals surface area contributed by atoms with Crippen LogP contribution in [0.2, 0.25) is 0 Å². The first-order chi connectivity index (χ1) is 9.35. The third-order valence-corrected chi connectivity index (χ3v) is 4.82. The molecule has 1 saturated heterocycles. The third kappa shape index (κ3) is 5.76. The van der Waals surface area contributed by atoms with Gasteiger partial charge < -0.3 is 15.7 Å². The van der Waals surface area contributed by atoms with Crippen LogP contribution >= 0.6 is 12.4 Å². The summed E-state index contributed by atoms with van der Waals surface area (Å²) in [4.78, 5) is 12.1. The van der Waals surface area contributed by atoms with Crippen LogP contribution in [0.15, 0.2) is 0 Å². The molecule has 0 spiro atoms. The van der Waals surface area contributed by atoms with Crippen LogP contribution in [0.5, 0.6) is 0 Å². The van der Waals surface area contributed by atoms with Gasteiger partial charge in [0, 0.05) is 32.0 Å². The highest BCUT2D eigenvalue weighted by atomic mass is 35.5. The summed E-state index contributed by atoms with van der Waals surface area (Å²) in [5, 5.41) is 15.9. The van der Waals surface area contributed by atoms with Crippen LogP contribution in [0.25, 0.3) is 0 Å². The van der Waals surface area contributed by atoms with Crippen LogP contribution in [-0.4, -0.2) is 36.8 Å². The second-order valence-electron chi connectivity index (χ2n) is 7.77. The van der Waals surface area contributed by atoms with E-state index >= 15 is 0 Å². The largest absolute Gasteiger partial charge is 0.391 e. The van der Waals surface area contributed by atoms with E-state index in [0.29, 0.717) is 30.8 Å². The van der Waals surface area contributed by atoms with Gasteiger partial charge in [-0.25, -0.2) is 0 Å². The van der Waals surface area contributed by atoms with E-state index in [4.69, 9.17) is 0 Å². The van der Waals surface area contributed by atoms with E-state index in [1.165, 1.54) is 12.8 Å². The second-order valence-corrected chi connectivity index (χ2v) is 7.77. The third-order valence-electron chi connectivity index (χ3n) is 4.82. The highest BCUT2D eigenvalue weighted by Crippen LogP contribution is 2.42. The number of hydrogen-bond acceptors (Lipinski definition) is 3. The Bertz CT molecular complexity index is 349. The van der Waals surface area contributed by atoms with Gasteiger partial charge >= 0.3 is 0 Å². The van der Waals surface area contributed by atoms with E-state index in [2.05, 4.69) is 31.4 Å². The van der Waals surface area contributed by atoms with Crippen LogP contribution in [0.4, 0.5) is 0 Å². The second kappa shape index (κ2) is 7.80. The lowest BCUT2D eigenvalue weighted by molar-refractivity contribution is -0.122. The zero-order chi connectivity index (χ0) is 14.8. The van der Waals surface area contributed by atoms with Crippen molar-refractivity contribution in [1.82, 2.24) is 10.6 Å². The standard InChI is InChI=1S/C16H30N2O2.ClH/c1-11-4-12(7-16(2,3)6-11)5-15(20)18-9-13-8-17-10-14(13)19;/h11-14,17,19H,4-10H2,1-3H3,(H,18,20);1H. The van der Waals surface area contributed by atoms with Gasteiger partial charge in [-0.05, 0) is 36.5 Å². The van der Waals surface area contributed by atoms with Gasteiger partial charge in [0.05, 0.1) is 6.10 Å². The van der Waals surface area contributed by atoms with Crippen LogP contribution < -0.4 is 10.6 Å². The number of aliphatic hydroxyl groups is 1.